The lowest BCUT2D eigenvalue weighted by Crippen LogP contribution is -2.31. The summed E-state index contributed by atoms with van der Waals surface area (Å²) in [7, 11) is -3.64. The first-order chi connectivity index (χ1) is 9.95. The summed E-state index contributed by atoms with van der Waals surface area (Å²) in [5.74, 6) is 0. The van der Waals surface area contributed by atoms with Gasteiger partial charge >= 0.3 is 0 Å². The van der Waals surface area contributed by atoms with E-state index in [4.69, 9.17) is 11.6 Å². The second-order valence-electron chi connectivity index (χ2n) is 4.26. The Hall–Kier alpha value is -1.05. The van der Waals surface area contributed by atoms with E-state index in [0.29, 0.717) is 10.7 Å². The van der Waals surface area contributed by atoms with Gasteiger partial charge in [0.2, 0.25) is 0 Å². The first kappa shape index (κ1) is 16.3. The van der Waals surface area contributed by atoms with Gasteiger partial charge in [-0.1, -0.05) is 17.7 Å². The predicted octanol–water partition coefficient (Wildman–Crippen LogP) is 4.33. The summed E-state index contributed by atoms with van der Waals surface area (Å²) in [5, 5.41) is 0.499. The van der Waals surface area contributed by atoms with E-state index in [1.54, 1.807) is 30.3 Å². The fourth-order valence-corrected chi connectivity index (χ4v) is 3.72. The molecule has 3 nitrogen and oxygen atoms in total. The summed E-state index contributed by atoms with van der Waals surface area (Å²) in [6, 6.07) is 13.4. The highest BCUT2D eigenvalue weighted by Gasteiger charge is 2.23. The maximum Gasteiger partial charge on any atom is 0.264 e. The van der Waals surface area contributed by atoms with Crippen molar-refractivity contribution in [2.75, 3.05) is 10.8 Å². The number of rotatable bonds is 5. The molecule has 0 unspecified atom stereocenters. The Morgan fingerprint density at radius 2 is 1.67 bits per heavy atom. The van der Waals surface area contributed by atoms with E-state index in [2.05, 4.69) is 29.2 Å². The second kappa shape index (κ2) is 6.81. The zero-order chi connectivity index (χ0) is 15.5. The van der Waals surface area contributed by atoms with Crippen molar-refractivity contribution in [2.45, 2.75) is 4.90 Å². The Morgan fingerprint density at radius 1 is 1.10 bits per heavy atom. The number of sulfonamides is 1. The molecule has 0 saturated carbocycles. The minimum Gasteiger partial charge on any atom is -0.263 e. The van der Waals surface area contributed by atoms with Crippen molar-refractivity contribution in [1.29, 1.82) is 0 Å². The minimum absolute atomic E-state index is 0.200. The number of halogens is 2. The van der Waals surface area contributed by atoms with Crippen molar-refractivity contribution in [3.05, 3.63) is 69.8 Å². The molecular formula is C15H13ClINO2S. The van der Waals surface area contributed by atoms with Crippen molar-refractivity contribution in [2.24, 2.45) is 0 Å². The maximum atomic E-state index is 12.8. The lowest BCUT2D eigenvalue weighted by Gasteiger charge is -2.23. The molecule has 0 saturated heterocycles. The van der Waals surface area contributed by atoms with Gasteiger partial charge in [0.05, 0.1) is 17.1 Å². The van der Waals surface area contributed by atoms with Crippen LogP contribution >= 0.6 is 34.2 Å². The topological polar surface area (TPSA) is 37.4 Å². The van der Waals surface area contributed by atoms with E-state index >= 15 is 0 Å². The van der Waals surface area contributed by atoms with Crippen LogP contribution < -0.4 is 4.31 Å². The number of nitrogens with zero attached hydrogens (tertiary/aromatic N) is 1. The summed E-state index contributed by atoms with van der Waals surface area (Å²) in [4.78, 5) is 0.201. The Kier molecular flexibility index (Phi) is 5.29. The van der Waals surface area contributed by atoms with E-state index < -0.39 is 10.0 Å². The number of hydrogen-bond donors (Lipinski definition) is 0. The summed E-state index contributed by atoms with van der Waals surface area (Å²) in [6.45, 7) is 3.84. The average molecular weight is 434 g/mol. The van der Waals surface area contributed by atoms with Crippen LogP contribution in [0.15, 0.2) is 66.1 Å². The van der Waals surface area contributed by atoms with Gasteiger partial charge in [0, 0.05) is 8.59 Å². The molecule has 0 N–H and O–H groups in total. The van der Waals surface area contributed by atoms with Gasteiger partial charge in [0.1, 0.15) is 0 Å². The highest BCUT2D eigenvalue weighted by atomic mass is 127. The molecule has 0 radical (unpaired) electrons. The van der Waals surface area contributed by atoms with E-state index in [9.17, 15) is 8.42 Å². The molecule has 2 aromatic rings. The fourth-order valence-electron chi connectivity index (χ4n) is 1.80. The monoisotopic (exact) mass is 433 g/mol. The van der Waals surface area contributed by atoms with E-state index in [1.807, 2.05) is 12.1 Å². The molecule has 0 amide bonds. The predicted molar refractivity (Wildman–Crippen MR) is 95.3 cm³/mol. The van der Waals surface area contributed by atoms with Gasteiger partial charge in [0.15, 0.2) is 0 Å². The molecule has 21 heavy (non-hydrogen) atoms. The Labute approximate surface area is 143 Å². The molecule has 110 valence electrons. The van der Waals surface area contributed by atoms with Crippen molar-refractivity contribution in [3.63, 3.8) is 0 Å². The van der Waals surface area contributed by atoms with Gasteiger partial charge in [-0.3, -0.25) is 4.31 Å². The SMILES string of the molecule is C=CCN(c1ccc(I)cc1)S(=O)(=O)c1ccc(Cl)cc1. The van der Waals surface area contributed by atoms with Gasteiger partial charge in [-0.05, 0) is 71.1 Å². The molecule has 0 fully saturated rings. The van der Waals surface area contributed by atoms with E-state index in [0.717, 1.165) is 3.57 Å². The molecule has 0 bridgehead atoms. The average Bonchev–Trinajstić information content (AvgIpc) is 2.46. The number of benzene rings is 2. The van der Waals surface area contributed by atoms with Crippen molar-refractivity contribution < 1.29 is 8.42 Å². The zero-order valence-electron chi connectivity index (χ0n) is 11.0. The summed E-state index contributed by atoms with van der Waals surface area (Å²) in [6.07, 6.45) is 1.56. The largest absolute Gasteiger partial charge is 0.264 e. The first-order valence-electron chi connectivity index (χ1n) is 6.10. The second-order valence-corrected chi connectivity index (χ2v) is 7.80. The summed E-state index contributed by atoms with van der Waals surface area (Å²) in [5.41, 5.74) is 0.602. The van der Waals surface area contributed by atoms with Crippen molar-refractivity contribution in [1.82, 2.24) is 0 Å². The molecule has 0 aromatic heterocycles. The van der Waals surface area contributed by atoms with Crippen LogP contribution in [0.2, 0.25) is 5.02 Å². The Bertz CT molecular complexity index is 727. The zero-order valence-corrected chi connectivity index (χ0v) is 14.8. The lowest BCUT2D eigenvalue weighted by molar-refractivity contribution is 0.593. The van der Waals surface area contributed by atoms with Crippen molar-refractivity contribution in [3.8, 4) is 0 Å². The van der Waals surface area contributed by atoms with Crippen LogP contribution in [0.1, 0.15) is 0 Å². The minimum atomic E-state index is -3.64. The molecule has 0 heterocycles. The smallest absolute Gasteiger partial charge is 0.263 e. The van der Waals surface area contributed by atoms with Crippen molar-refractivity contribution >= 4 is 49.9 Å². The Morgan fingerprint density at radius 3 is 2.19 bits per heavy atom. The lowest BCUT2D eigenvalue weighted by atomic mass is 10.3. The maximum absolute atomic E-state index is 12.8. The first-order valence-corrected chi connectivity index (χ1v) is 8.99. The molecule has 0 spiro atoms. The van der Waals surface area contributed by atoms with Gasteiger partial charge in [-0.25, -0.2) is 8.42 Å². The highest BCUT2D eigenvalue weighted by molar-refractivity contribution is 14.1. The highest BCUT2D eigenvalue weighted by Crippen LogP contribution is 2.25. The number of anilines is 1. The van der Waals surface area contributed by atoms with Crippen LogP contribution in [0.25, 0.3) is 0 Å². The molecule has 0 aliphatic rings. The molecule has 0 aliphatic heterocycles. The fraction of sp³-hybridized carbons (Fsp3) is 0.0667. The summed E-state index contributed by atoms with van der Waals surface area (Å²) >= 11 is 7.99. The molecular weight excluding hydrogens is 421 g/mol. The van der Waals surface area contributed by atoms with Gasteiger partial charge in [0.25, 0.3) is 10.0 Å². The summed E-state index contributed by atoms with van der Waals surface area (Å²) < 4.78 is 27.9. The quantitative estimate of drug-likeness (QED) is 0.520. The third-order valence-corrected chi connectivity index (χ3v) is 5.59. The van der Waals surface area contributed by atoms with Crippen LogP contribution in [0.4, 0.5) is 5.69 Å². The molecule has 2 aromatic carbocycles. The van der Waals surface area contributed by atoms with Gasteiger partial charge in [-0.15, -0.1) is 6.58 Å². The normalized spacial score (nSPS) is 11.1. The molecule has 6 heteroatoms. The van der Waals surface area contributed by atoms with Crippen LogP contribution in [0.3, 0.4) is 0 Å². The number of hydrogen-bond acceptors (Lipinski definition) is 2. The standard InChI is InChI=1S/C15H13ClINO2S/c1-2-11-18(14-7-5-13(17)6-8-14)21(19,20)15-9-3-12(16)4-10-15/h2-10H,1,11H2. The van der Waals surface area contributed by atoms with E-state index in [-0.39, 0.29) is 11.4 Å². The van der Waals surface area contributed by atoms with Crippen LogP contribution in [0, 0.1) is 3.57 Å². The van der Waals surface area contributed by atoms with Gasteiger partial charge in [-0.2, -0.15) is 0 Å². The Balaban J connectivity index is 2.47. The van der Waals surface area contributed by atoms with Crippen LogP contribution in [0.5, 0.6) is 0 Å². The molecule has 0 aliphatic carbocycles. The molecule has 0 atom stereocenters. The van der Waals surface area contributed by atoms with Gasteiger partial charge < -0.3 is 0 Å². The third-order valence-electron chi connectivity index (χ3n) is 2.81. The van der Waals surface area contributed by atoms with Crippen LogP contribution in [-0.4, -0.2) is 15.0 Å². The third kappa shape index (κ3) is 3.78. The van der Waals surface area contributed by atoms with E-state index in [1.165, 1.54) is 16.4 Å². The molecule has 2 rings (SSSR count). The van der Waals surface area contributed by atoms with Crippen LogP contribution in [-0.2, 0) is 10.0 Å².